The van der Waals surface area contributed by atoms with Crippen LogP contribution in [-0.2, 0) is 4.79 Å². The summed E-state index contributed by atoms with van der Waals surface area (Å²) in [5.74, 6) is -0.0366. The minimum absolute atomic E-state index is 0.0366. The topological polar surface area (TPSA) is 66.6 Å². The summed E-state index contributed by atoms with van der Waals surface area (Å²) in [5, 5.41) is 0. The van der Waals surface area contributed by atoms with Crippen molar-refractivity contribution < 1.29 is 9.59 Å². The van der Waals surface area contributed by atoms with Crippen molar-refractivity contribution in [3.05, 3.63) is 0 Å². The van der Waals surface area contributed by atoms with Crippen LogP contribution in [0, 0.1) is 5.41 Å². The lowest BCUT2D eigenvalue weighted by Gasteiger charge is -2.63. The molecule has 0 radical (unpaired) electrons. The fraction of sp³-hybridized carbons (Fsp3) is 0.857. The molecule has 0 aromatic carbocycles. The zero-order chi connectivity index (χ0) is 13.8. The van der Waals surface area contributed by atoms with Crippen molar-refractivity contribution in [1.29, 1.82) is 0 Å². The van der Waals surface area contributed by atoms with Crippen LogP contribution in [-0.4, -0.2) is 47.4 Å². The van der Waals surface area contributed by atoms with Crippen LogP contribution in [0.3, 0.4) is 0 Å². The lowest BCUT2D eigenvalue weighted by Crippen LogP contribution is -2.69. The van der Waals surface area contributed by atoms with Crippen LogP contribution < -0.4 is 5.73 Å². The van der Waals surface area contributed by atoms with E-state index in [-0.39, 0.29) is 17.5 Å². The van der Waals surface area contributed by atoms with Gasteiger partial charge in [0.15, 0.2) is 0 Å². The summed E-state index contributed by atoms with van der Waals surface area (Å²) in [6.07, 6.45) is 6.93. The van der Waals surface area contributed by atoms with Gasteiger partial charge in [-0.25, -0.2) is 4.79 Å². The van der Waals surface area contributed by atoms with Crippen LogP contribution in [0.1, 0.15) is 44.9 Å². The van der Waals surface area contributed by atoms with Gasteiger partial charge in [-0.1, -0.05) is 0 Å². The molecule has 5 heteroatoms. The molecule has 0 aromatic rings. The van der Waals surface area contributed by atoms with Crippen LogP contribution in [0.15, 0.2) is 0 Å². The molecule has 1 aliphatic heterocycles. The predicted molar refractivity (Wildman–Crippen MR) is 71.4 cm³/mol. The van der Waals surface area contributed by atoms with Crippen LogP contribution in [0.4, 0.5) is 4.79 Å². The fourth-order valence-electron chi connectivity index (χ4n) is 4.37. The Morgan fingerprint density at radius 3 is 2.32 bits per heavy atom. The quantitative estimate of drug-likeness (QED) is 0.718. The molecule has 0 bridgehead atoms. The Labute approximate surface area is 114 Å². The van der Waals surface area contributed by atoms with E-state index in [9.17, 15) is 9.59 Å². The number of carbonyl (C=O) groups is 2. The molecule has 0 aromatic heterocycles. The van der Waals surface area contributed by atoms with E-state index in [0.717, 1.165) is 38.5 Å². The average molecular weight is 265 g/mol. The molecule has 1 saturated heterocycles. The molecule has 5 nitrogen and oxygen atoms in total. The highest BCUT2D eigenvalue weighted by Crippen LogP contribution is 2.60. The molecular formula is C14H23N3O2. The molecule has 2 aliphatic carbocycles. The number of carbonyl (C=O) groups excluding carboxylic acids is 2. The average Bonchev–Trinajstić information content (AvgIpc) is 2.35. The SMILES string of the molecule is CN1C(=O)CC2(CC3(CCC(N)CC3)C2)N(C)C1=O. The molecule has 3 aliphatic rings. The van der Waals surface area contributed by atoms with E-state index in [2.05, 4.69) is 0 Å². The second kappa shape index (κ2) is 3.95. The highest BCUT2D eigenvalue weighted by atomic mass is 16.2. The molecule has 2 N–H and O–H groups in total. The van der Waals surface area contributed by atoms with Gasteiger partial charge in [0.1, 0.15) is 0 Å². The Morgan fingerprint density at radius 2 is 1.74 bits per heavy atom. The maximum absolute atomic E-state index is 12.1. The minimum atomic E-state index is -0.206. The largest absolute Gasteiger partial charge is 0.328 e. The summed E-state index contributed by atoms with van der Waals surface area (Å²) in [6, 6.07) is 0.194. The van der Waals surface area contributed by atoms with Gasteiger partial charge in [-0.05, 0) is 43.9 Å². The first-order valence-electron chi connectivity index (χ1n) is 7.18. The first-order valence-corrected chi connectivity index (χ1v) is 7.18. The van der Waals surface area contributed by atoms with Gasteiger partial charge in [0.05, 0.1) is 12.0 Å². The van der Waals surface area contributed by atoms with Crippen molar-refractivity contribution in [2.75, 3.05) is 14.1 Å². The van der Waals surface area contributed by atoms with Crippen molar-refractivity contribution in [3.63, 3.8) is 0 Å². The number of amides is 3. The molecule has 3 fully saturated rings. The van der Waals surface area contributed by atoms with Gasteiger partial charge in [0, 0.05) is 20.1 Å². The molecule has 3 rings (SSSR count). The summed E-state index contributed by atoms with van der Waals surface area (Å²) >= 11 is 0. The minimum Gasteiger partial charge on any atom is -0.328 e. The van der Waals surface area contributed by atoms with Gasteiger partial charge in [-0.2, -0.15) is 0 Å². The highest BCUT2D eigenvalue weighted by Gasteiger charge is 2.60. The van der Waals surface area contributed by atoms with Gasteiger partial charge in [-0.15, -0.1) is 0 Å². The molecular weight excluding hydrogens is 242 g/mol. The molecule has 0 unspecified atom stereocenters. The Morgan fingerprint density at radius 1 is 1.16 bits per heavy atom. The number of urea groups is 1. The Balaban J connectivity index is 1.74. The smallest absolute Gasteiger partial charge is 0.326 e. The molecule has 19 heavy (non-hydrogen) atoms. The summed E-state index contributed by atoms with van der Waals surface area (Å²) in [5.41, 5.74) is 6.11. The molecule has 1 heterocycles. The summed E-state index contributed by atoms with van der Waals surface area (Å²) in [4.78, 5) is 27.1. The number of hydrogen-bond acceptors (Lipinski definition) is 3. The second-order valence-corrected chi connectivity index (χ2v) is 6.89. The van der Waals surface area contributed by atoms with Crippen molar-refractivity contribution in [3.8, 4) is 0 Å². The Bertz CT molecular complexity index is 418. The summed E-state index contributed by atoms with van der Waals surface area (Å²) in [7, 11) is 3.41. The van der Waals surface area contributed by atoms with Crippen molar-refractivity contribution in [2.45, 2.75) is 56.5 Å². The number of nitrogens with two attached hydrogens (primary N) is 1. The van der Waals surface area contributed by atoms with E-state index >= 15 is 0 Å². The summed E-state index contributed by atoms with van der Waals surface area (Å²) < 4.78 is 0. The molecule has 106 valence electrons. The maximum atomic E-state index is 12.1. The monoisotopic (exact) mass is 265 g/mol. The number of nitrogens with zero attached hydrogens (tertiary/aromatic N) is 2. The van der Waals surface area contributed by atoms with Gasteiger partial charge in [-0.3, -0.25) is 9.69 Å². The lowest BCUT2D eigenvalue weighted by atomic mass is 9.50. The Kier molecular flexibility index (Phi) is 2.68. The van der Waals surface area contributed by atoms with Crippen LogP contribution in [0.2, 0.25) is 0 Å². The van der Waals surface area contributed by atoms with E-state index in [1.807, 2.05) is 7.05 Å². The third kappa shape index (κ3) is 1.78. The van der Waals surface area contributed by atoms with Gasteiger partial charge >= 0.3 is 6.03 Å². The van der Waals surface area contributed by atoms with E-state index in [1.54, 1.807) is 11.9 Å². The molecule has 0 atom stereocenters. The number of rotatable bonds is 0. The zero-order valence-corrected chi connectivity index (χ0v) is 11.8. The standard InChI is InChI=1S/C14H23N3O2/c1-16-11(18)7-14(17(2)12(16)19)8-13(9-14)5-3-10(15)4-6-13/h10H,3-9,15H2,1-2H3. The maximum Gasteiger partial charge on any atom is 0.326 e. The van der Waals surface area contributed by atoms with Crippen molar-refractivity contribution in [1.82, 2.24) is 9.80 Å². The first-order chi connectivity index (χ1) is 8.88. The second-order valence-electron chi connectivity index (χ2n) is 6.89. The fourth-order valence-corrected chi connectivity index (χ4v) is 4.37. The number of hydrogen-bond donors (Lipinski definition) is 1. The predicted octanol–water partition coefficient (Wildman–Crippen LogP) is 1.32. The van der Waals surface area contributed by atoms with E-state index in [1.165, 1.54) is 4.90 Å². The zero-order valence-electron chi connectivity index (χ0n) is 11.8. The molecule has 2 saturated carbocycles. The Hall–Kier alpha value is -1.10. The van der Waals surface area contributed by atoms with Crippen LogP contribution in [0.25, 0.3) is 0 Å². The highest BCUT2D eigenvalue weighted by molar-refractivity contribution is 5.97. The first kappa shape index (κ1) is 12.9. The van der Waals surface area contributed by atoms with Crippen LogP contribution in [0.5, 0.6) is 0 Å². The van der Waals surface area contributed by atoms with E-state index in [0.29, 0.717) is 17.9 Å². The summed E-state index contributed by atoms with van der Waals surface area (Å²) in [6.45, 7) is 0. The van der Waals surface area contributed by atoms with Gasteiger partial charge < -0.3 is 10.6 Å². The van der Waals surface area contributed by atoms with E-state index < -0.39 is 0 Å². The normalized spacial score (nSPS) is 43.0. The van der Waals surface area contributed by atoms with E-state index in [4.69, 9.17) is 5.73 Å². The van der Waals surface area contributed by atoms with Crippen molar-refractivity contribution >= 4 is 11.9 Å². The van der Waals surface area contributed by atoms with Crippen molar-refractivity contribution in [2.24, 2.45) is 11.1 Å². The third-order valence-corrected chi connectivity index (χ3v) is 5.64. The lowest BCUT2D eigenvalue weighted by molar-refractivity contribution is -0.147. The molecule has 3 amide bonds. The van der Waals surface area contributed by atoms with Gasteiger partial charge in [0.2, 0.25) is 5.91 Å². The molecule has 2 spiro atoms. The third-order valence-electron chi connectivity index (χ3n) is 5.64. The number of imide groups is 1. The van der Waals surface area contributed by atoms with Gasteiger partial charge in [0.25, 0.3) is 0 Å². The van der Waals surface area contributed by atoms with Crippen LogP contribution >= 0.6 is 0 Å².